The van der Waals surface area contributed by atoms with E-state index in [0.717, 1.165) is 11.3 Å². The second-order valence-electron chi connectivity index (χ2n) is 3.91. The first-order valence-electron chi connectivity index (χ1n) is 5.43. The van der Waals surface area contributed by atoms with Gasteiger partial charge in [-0.25, -0.2) is 9.18 Å². The molecular formula is C14H12FN2O+. The van der Waals surface area contributed by atoms with Gasteiger partial charge in [-0.15, -0.1) is 0 Å². The number of carbonyl (C=O) groups is 1. The number of azo groups is 2. The maximum absolute atomic E-state index is 12.7. The van der Waals surface area contributed by atoms with Crippen molar-refractivity contribution in [2.75, 3.05) is 0 Å². The van der Waals surface area contributed by atoms with Gasteiger partial charge >= 0.3 is 5.91 Å². The maximum Gasteiger partial charge on any atom is 0.442 e. The molecular weight excluding hydrogens is 231 g/mol. The lowest BCUT2D eigenvalue weighted by Crippen LogP contribution is -2.12. The summed E-state index contributed by atoms with van der Waals surface area (Å²) in [4.78, 5) is 11.8. The third kappa shape index (κ3) is 2.66. The summed E-state index contributed by atoms with van der Waals surface area (Å²) in [5, 5.41) is 3.98. The van der Waals surface area contributed by atoms with Gasteiger partial charge in [-0.05, 0) is 28.5 Å². The second-order valence-corrected chi connectivity index (χ2v) is 3.91. The normalized spacial score (nSPS) is 14.9. The average Bonchev–Trinajstić information content (AvgIpc) is 2.67. The van der Waals surface area contributed by atoms with Crippen LogP contribution in [0, 0.1) is 5.82 Å². The van der Waals surface area contributed by atoms with Gasteiger partial charge in [-0.1, -0.05) is 18.7 Å². The Morgan fingerprint density at radius 2 is 2.06 bits per heavy atom. The molecule has 1 aromatic carbocycles. The molecule has 1 heterocycles. The fraction of sp³-hybridized carbons (Fsp3) is 0.0714. The first kappa shape index (κ1) is 12.1. The molecule has 0 fully saturated rings. The molecule has 0 radical (unpaired) electrons. The number of halogens is 1. The van der Waals surface area contributed by atoms with Gasteiger partial charge in [-0.3, -0.25) is 0 Å². The largest absolute Gasteiger partial charge is 0.442 e. The quantitative estimate of drug-likeness (QED) is 0.579. The molecule has 0 bridgehead atoms. The Balaban J connectivity index is 2.13. The Hall–Kier alpha value is -2.36. The molecule has 1 aliphatic rings. The van der Waals surface area contributed by atoms with Gasteiger partial charge in [0.15, 0.2) is 0 Å². The highest BCUT2D eigenvalue weighted by molar-refractivity contribution is 5.85. The molecule has 0 spiro atoms. The zero-order chi connectivity index (χ0) is 13.1. The van der Waals surface area contributed by atoms with E-state index in [1.807, 2.05) is 0 Å². The summed E-state index contributed by atoms with van der Waals surface area (Å²) < 4.78 is 14.0. The fourth-order valence-corrected chi connectivity index (χ4v) is 1.57. The van der Waals surface area contributed by atoms with Crippen molar-refractivity contribution in [3.8, 4) is 0 Å². The Labute approximate surface area is 104 Å². The van der Waals surface area contributed by atoms with Crippen LogP contribution in [0.15, 0.2) is 59.5 Å². The molecule has 4 heteroatoms. The van der Waals surface area contributed by atoms with E-state index in [2.05, 4.69) is 11.7 Å². The van der Waals surface area contributed by atoms with Crippen LogP contribution in [-0.2, 0) is 4.79 Å². The van der Waals surface area contributed by atoms with Crippen molar-refractivity contribution in [2.45, 2.75) is 6.92 Å². The van der Waals surface area contributed by atoms with E-state index in [-0.39, 0.29) is 11.7 Å². The monoisotopic (exact) mass is 243 g/mol. The van der Waals surface area contributed by atoms with E-state index < -0.39 is 0 Å². The predicted molar refractivity (Wildman–Crippen MR) is 66.0 cm³/mol. The zero-order valence-corrected chi connectivity index (χ0v) is 9.93. The maximum atomic E-state index is 12.7. The van der Waals surface area contributed by atoms with E-state index >= 15 is 0 Å². The Kier molecular flexibility index (Phi) is 3.28. The fourth-order valence-electron chi connectivity index (χ4n) is 1.57. The van der Waals surface area contributed by atoms with Crippen LogP contribution in [0.1, 0.15) is 12.5 Å². The molecule has 0 atom stereocenters. The molecule has 90 valence electrons. The van der Waals surface area contributed by atoms with Crippen molar-refractivity contribution in [1.29, 1.82) is 0 Å². The summed E-state index contributed by atoms with van der Waals surface area (Å²) in [5.74, 6) is -0.560. The molecule has 0 saturated heterocycles. The van der Waals surface area contributed by atoms with Crippen LogP contribution >= 0.6 is 0 Å². The molecule has 1 aromatic rings. The summed E-state index contributed by atoms with van der Waals surface area (Å²) in [6.45, 7) is 5.45. The number of rotatable bonds is 2. The topological polar surface area (TPSA) is 32.4 Å². The van der Waals surface area contributed by atoms with E-state index in [4.69, 9.17) is 0 Å². The molecule has 1 amide bonds. The van der Waals surface area contributed by atoms with Crippen LogP contribution in [0.3, 0.4) is 0 Å². The van der Waals surface area contributed by atoms with E-state index in [9.17, 15) is 9.18 Å². The van der Waals surface area contributed by atoms with Crippen molar-refractivity contribution in [2.24, 2.45) is 5.11 Å². The lowest BCUT2D eigenvalue weighted by atomic mass is 10.2. The van der Waals surface area contributed by atoms with Gasteiger partial charge in [0.1, 0.15) is 11.5 Å². The first-order chi connectivity index (χ1) is 8.56. The molecule has 0 N–H and O–H groups in total. The summed E-state index contributed by atoms with van der Waals surface area (Å²) in [6, 6.07) is 5.89. The van der Waals surface area contributed by atoms with Gasteiger partial charge in [0, 0.05) is 18.1 Å². The third-order valence-corrected chi connectivity index (χ3v) is 2.44. The van der Waals surface area contributed by atoms with E-state index in [1.54, 1.807) is 31.2 Å². The number of nitrogens with zero attached hydrogens (tertiary/aromatic N) is 2. The number of benzene rings is 1. The standard InChI is InChI=1S/C14H12FN2O/c1-10-9-11(2)17(16-10)14(18)8-5-12-3-6-13(15)7-4-12/h3-9H,1H2,2H3/q+1/b8-5+. The van der Waals surface area contributed by atoms with Gasteiger partial charge in [-0.2, -0.15) is 0 Å². The Bertz CT molecular complexity index is 595. The van der Waals surface area contributed by atoms with Crippen LogP contribution in [0.2, 0.25) is 0 Å². The second kappa shape index (κ2) is 4.87. The highest BCUT2D eigenvalue weighted by atomic mass is 19.1. The number of allylic oxidation sites excluding steroid dienone is 2. The average molecular weight is 243 g/mol. The van der Waals surface area contributed by atoms with Crippen molar-refractivity contribution in [1.82, 2.24) is 0 Å². The molecule has 0 aromatic heterocycles. The van der Waals surface area contributed by atoms with E-state index in [0.29, 0.717) is 5.70 Å². The number of carbonyl (C=O) groups excluding carboxylic acids is 1. The number of hydrogen-bond donors (Lipinski definition) is 0. The Morgan fingerprint density at radius 3 is 2.61 bits per heavy atom. The van der Waals surface area contributed by atoms with Crippen molar-refractivity contribution in [3.05, 3.63) is 65.8 Å². The minimum absolute atomic E-state index is 0.258. The number of amides is 1. The highest BCUT2D eigenvalue weighted by Gasteiger charge is 2.25. The van der Waals surface area contributed by atoms with Crippen LogP contribution in [-0.4, -0.2) is 10.6 Å². The minimum atomic E-state index is -0.303. The molecule has 18 heavy (non-hydrogen) atoms. The predicted octanol–water partition coefficient (Wildman–Crippen LogP) is 3.26. The van der Waals surface area contributed by atoms with Crippen LogP contribution in [0.5, 0.6) is 0 Å². The lowest BCUT2D eigenvalue weighted by Gasteiger charge is -1.91. The molecule has 2 rings (SSSR count). The molecule has 0 unspecified atom stereocenters. The van der Waals surface area contributed by atoms with Gasteiger partial charge in [0.25, 0.3) is 0 Å². The van der Waals surface area contributed by atoms with Crippen LogP contribution < -0.4 is 0 Å². The van der Waals surface area contributed by atoms with Crippen molar-refractivity contribution in [3.63, 3.8) is 0 Å². The summed E-state index contributed by atoms with van der Waals surface area (Å²) in [7, 11) is 0. The van der Waals surface area contributed by atoms with Gasteiger partial charge in [0.05, 0.1) is 6.08 Å². The smallest absolute Gasteiger partial charge is 0.212 e. The SMILES string of the molecule is C=C1C=C(C)[N+](C(=O)/C=C/c2ccc(F)cc2)=N1. The van der Waals surface area contributed by atoms with E-state index in [1.165, 1.54) is 22.9 Å². The van der Waals surface area contributed by atoms with Crippen molar-refractivity contribution < 1.29 is 13.9 Å². The molecule has 0 saturated carbocycles. The minimum Gasteiger partial charge on any atom is -0.212 e. The lowest BCUT2D eigenvalue weighted by molar-refractivity contribution is -0.453. The Morgan fingerprint density at radius 1 is 1.39 bits per heavy atom. The van der Waals surface area contributed by atoms with Gasteiger partial charge in [0.2, 0.25) is 5.70 Å². The summed E-state index contributed by atoms with van der Waals surface area (Å²) in [6.07, 6.45) is 4.74. The summed E-state index contributed by atoms with van der Waals surface area (Å²) in [5.41, 5.74) is 2.04. The highest BCUT2D eigenvalue weighted by Crippen LogP contribution is 2.14. The van der Waals surface area contributed by atoms with Crippen LogP contribution in [0.25, 0.3) is 6.08 Å². The first-order valence-corrected chi connectivity index (χ1v) is 5.43. The summed E-state index contributed by atoms with van der Waals surface area (Å²) >= 11 is 0. The number of hydrogen-bond acceptors (Lipinski definition) is 2. The third-order valence-electron chi connectivity index (χ3n) is 2.44. The molecule has 3 nitrogen and oxygen atoms in total. The zero-order valence-electron chi connectivity index (χ0n) is 9.93. The van der Waals surface area contributed by atoms with Gasteiger partial charge < -0.3 is 0 Å². The molecule has 1 aliphatic heterocycles. The van der Waals surface area contributed by atoms with Crippen LogP contribution in [0.4, 0.5) is 4.39 Å². The van der Waals surface area contributed by atoms with Crippen molar-refractivity contribution >= 4 is 12.0 Å². The molecule has 0 aliphatic carbocycles.